The van der Waals surface area contributed by atoms with Crippen LogP contribution in [0.2, 0.25) is 0 Å². The molecule has 1 aromatic rings. The molecule has 0 radical (unpaired) electrons. The number of phenols is 1. The number of aliphatic hydroxyl groups excluding tert-OH is 1. The van der Waals surface area contributed by atoms with E-state index in [-0.39, 0.29) is 12.0 Å². The van der Waals surface area contributed by atoms with E-state index in [4.69, 9.17) is 5.11 Å². The fraction of sp³-hybridized carbons (Fsp3) is 0.600. The van der Waals surface area contributed by atoms with E-state index >= 15 is 0 Å². The maximum atomic E-state index is 9.46. The second-order valence-electron chi connectivity index (χ2n) is 5.99. The number of aromatic hydroxyl groups is 1. The summed E-state index contributed by atoms with van der Waals surface area (Å²) in [7, 11) is 0. The van der Waals surface area contributed by atoms with Gasteiger partial charge in [0.2, 0.25) is 0 Å². The van der Waals surface area contributed by atoms with Crippen LogP contribution in [0.1, 0.15) is 43.9 Å². The number of fused-ring (bicyclic) bond motifs is 1. The van der Waals surface area contributed by atoms with Gasteiger partial charge in [0.15, 0.2) is 0 Å². The third-order valence-corrected chi connectivity index (χ3v) is 3.82. The van der Waals surface area contributed by atoms with E-state index in [2.05, 4.69) is 19.2 Å². The van der Waals surface area contributed by atoms with Crippen LogP contribution in [0.5, 0.6) is 5.75 Å². The molecule has 0 saturated heterocycles. The first kappa shape index (κ1) is 13.4. The van der Waals surface area contributed by atoms with Crippen LogP contribution in [0, 0.1) is 5.41 Å². The summed E-state index contributed by atoms with van der Waals surface area (Å²) >= 11 is 0. The standard InChI is InChI=1S/C15H23NO2/c1-15(2,7-8-17)10-16-14-6-3-11-9-12(18)4-5-13(11)14/h4-5,9,14,16-18H,3,6-8,10H2,1-2H3. The molecular formula is C15H23NO2. The Morgan fingerprint density at radius 1 is 1.39 bits per heavy atom. The van der Waals surface area contributed by atoms with Gasteiger partial charge in [-0.2, -0.15) is 0 Å². The average Bonchev–Trinajstić information content (AvgIpc) is 2.68. The summed E-state index contributed by atoms with van der Waals surface area (Å²) in [4.78, 5) is 0. The molecule has 3 nitrogen and oxygen atoms in total. The van der Waals surface area contributed by atoms with Gasteiger partial charge in [0.25, 0.3) is 0 Å². The Balaban J connectivity index is 1.98. The van der Waals surface area contributed by atoms with Crippen molar-refractivity contribution in [3.8, 4) is 5.75 Å². The summed E-state index contributed by atoms with van der Waals surface area (Å²) in [5.41, 5.74) is 2.69. The predicted molar refractivity (Wildman–Crippen MR) is 72.7 cm³/mol. The van der Waals surface area contributed by atoms with Gasteiger partial charge >= 0.3 is 0 Å². The first-order valence-electron chi connectivity index (χ1n) is 6.68. The molecule has 0 bridgehead atoms. The van der Waals surface area contributed by atoms with Crippen molar-refractivity contribution in [1.82, 2.24) is 5.32 Å². The molecule has 0 amide bonds. The molecule has 0 aromatic heterocycles. The molecule has 100 valence electrons. The number of benzene rings is 1. The van der Waals surface area contributed by atoms with Gasteiger partial charge in [-0.25, -0.2) is 0 Å². The summed E-state index contributed by atoms with van der Waals surface area (Å²) < 4.78 is 0. The van der Waals surface area contributed by atoms with Gasteiger partial charge in [-0.15, -0.1) is 0 Å². The molecule has 3 N–H and O–H groups in total. The lowest BCUT2D eigenvalue weighted by molar-refractivity contribution is 0.202. The molecule has 2 rings (SSSR count). The van der Waals surface area contributed by atoms with Gasteiger partial charge in [0, 0.05) is 19.2 Å². The monoisotopic (exact) mass is 249 g/mol. The molecule has 18 heavy (non-hydrogen) atoms. The number of aryl methyl sites for hydroxylation is 1. The Bertz CT molecular complexity index is 415. The highest BCUT2D eigenvalue weighted by Crippen LogP contribution is 2.34. The molecule has 0 saturated carbocycles. The summed E-state index contributed by atoms with van der Waals surface area (Å²) in [6.07, 6.45) is 2.94. The van der Waals surface area contributed by atoms with Crippen LogP contribution in [0.3, 0.4) is 0 Å². The van der Waals surface area contributed by atoms with Crippen LogP contribution >= 0.6 is 0 Å². The highest BCUT2D eigenvalue weighted by molar-refractivity contribution is 5.40. The zero-order valence-electron chi connectivity index (χ0n) is 11.2. The van der Waals surface area contributed by atoms with E-state index in [1.54, 1.807) is 6.07 Å². The zero-order chi connectivity index (χ0) is 13.2. The summed E-state index contributed by atoms with van der Waals surface area (Å²) in [6.45, 7) is 5.48. The van der Waals surface area contributed by atoms with Crippen molar-refractivity contribution < 1.29 is 10.2 Å². The van der Waals surface area contributed by atoms with Crippen LogP contribution in [0.25, 0.3) is 0 Å². The fourth-order valence-electron chi connectivity index (χ4n) is 2.61. The quantitative estimate of drug-likeness (QED) is 0.751. The molecule has 1 unspecified atom stereocenters. The van der Waals surface area contributed by atoms with Gasteiger partial charge in [0.05, 0.1) is 0 Å². The topological polar surface area (TPSA) is 52.5 Å². The molecule has 0 aliphatic heterocycles. The lowest BCUT2D eigenvalue weighted by Crippen LogP contribution is -2.32. The van der Waals surface area contributed by atoms with Crippen LogP contribution in [-0.2, 0) is 6.42 Å². The minimum Gasteiger partial charge on any atom is -0.508 e. The SMILES string of the molecule is CC(C)(CCO)CNC1CCc2cc(O)ccc21. The largest absolute Gasteiger partial charge is 0.508 e. The van der Waals surface area contributed by atoms with Crippen molar-refractivity contribution >= 4 is 0 Å². The number of aliphatic hydroxyl groups is 1. The smallest absolute Gasteiger partial charge is 0.115 e. The number of hydrogen-bond donors (Lipinski definition) is 3. The highest BCUT2D eigenvalue weighted by Gasteiger charge is 2.25. The third-order valence-electron chi connectivity index (χ3n) is 3.82. The summed E-state index contributed by atoms with van der Waals surface area (Å²) in [6, 6.07) is 6.04. The van der Waals surface area contributed by atoms with Gasteiger partial charge in [-0.3, -0.25) is 0 Å². The van der Waals surface area contributed by atoms with Crippen molar-refractivity contribution in [3.05, 3.63) is 29.3 Å². The van der Waals surface area contributed by atoms with Gasteiger partial charge < -0.3 is 15.5 Å². The molecule has 1 atom stereocenters. The Morgan fingerprint density at radius 3 is 2.89 bits per heavy atom. The molecule has 0 heterocycles. The number of phenolic OH excluding ortho intramolecular Hbond substituents is 1. The number of rotatable bonds is 5. The third kappa shape index (κ3) is 3.03. The molecule has 1 aliphatic carbocycles. The van der Waals surface area contributed by atoms with E-state index in [9.17, 15) is 5.11 Å². The van der Waals surface area contributed by atoms with Gasteiger partial charge in [-0.1, -0.05) is 19.9 Å². The van der Waals surface area contributed by atoms with Crippen LogP contribution in [-0.4, -0.2) is 23.4 Å². The fourth-order valence-corrected chi connectivity index (χ4v) is 2.61. The number of hydrogen-bond acceptors (Lipinski definition) is 3. The Kier molecular flexibility index (Phi) is 3.93. The van der Waals surface area contributed by atoms with E-state index in [1.807, 2.05) is 12.1 Å². The van der Waals surface area contributed by atoms with Crippen molar-refractivity contribution in [2.75, 3.05) is 13.2 Å². The van der Waals surface area contributed by atoms with Crippen molar-refractivity contribution in [2.24, 2.45) is 5.41 Å². The second-order valence-corrected chi connectivity index (χ2v) is 5.99. The Hall–Kier alpha value is -1.06. The van der Waals surface area contributed by atoms with E-state index in [0.717, 1.165) is 25.8 Å². The Morgan fingerprint density at radius 2 is 2.17 bits per heavy atom. The van der Waals surface area contributed by atoms with Crippen molar-refractivity contribution in [1.29, 1.82) is 0 Å². The van der Waals surface area contributed by atoms with Gasteiger partial charge in [-0.05, 0) is 47.9 Å². The second kappa shape index (κ2) is 5.29. The molecule has 0 fully saturated rings. The molecule has 0 spiro atoms. The Labute approximate surface area is 109 Å². The van der Waals surface area contributed by atoms with E-state index < -0.39 is 0 Å². The van der Waals surface area contributed by atoms with Crippen LogP contribution < -0.4 is 5.32 Å². The van der Waals surface area contributed by atoms with Crippen LogP contribution in [0.15, 0.2) is 18.2 Å². The predicted octanol–water partition coefficient (Wildman–Crippen LogP) is 2.38. The molecule has 1 aromatic carbocycles. The maximum Gasteiger partial charge on any atom is 0.115 e. The first-order valence-corrected chi connectivity index (χ1v) is 6.68. The summed E-state index contributed by atoms with van der Waals surface area (Å²) in [5, 5.41) is 22.1. The highest BCUT2D eigenvalue weighted by atomic mass is 16.3. The average molecular weight is 249 g/mol. The minimum atomic E-state index is 0.119. The molecule has 3 heteroatoms. The summed E-state index contributed by atoms with van der Waals surface area (Å²) in [5.74, 6) is 0.356. The normalized spacial score (nSPS) is 18.9. The molecule has 1 aliphatic rings. The van der Waals surface area contributed by atoms with Gasteiger partial charge in [0.1, 0.15) is 5.75 Å². The lowest BCUT2D eigenvalue weighted by Gasteiger charge is -2.26. The van der Waals surface area contributed by atoms with Crippen molar-refractivity contribution in [2.45, 2.75) is 39.2 Å². The minimum absolute atomic E-state index is 0.119. The molecular weight excluding hydrogens is 226 g/mol. The van der Waals surface area contributed by atoms with E-state index in [0.29, 0.717) is 11.8 Å². The van der Waals surface area contributed by atoms with Crippen molar-refractivity contribution in [3.63, 3.8) is 0 Å². The first-order chi connectivity index (χ1) is 8.52. The van der Waals surface area contributed by atoms with Crippen LogP contribution in [0.4, 0.5) is 0 Å². The lowest BCUT2D eigenvalue weighted by atomic mass is 9.89. The van der Waals surface area contributed by atoms with E-state index in [1.165, 1.54) is 11.1 Å². The number of nitrogens with one attached hydrogen (secondary N) is 1. The maximum absolute atomic E-state index is 9.46. The zero-order valence-corrected chi connectivity index (χ0v) is 11.2.